The van der Waals surface area contributed by atoms with Crippen LogP contribution < -0.4 is 0 Å². The summed E-state index contributed by atoms with van der Waals surface area (Å²) < 4.78 is 43.7. The minimum Gasteiger partial charge on any atom is -0.338 e. The monoisotopic (exact) mass is 353 g/mol. The highest BCUT2D eigenvalue weighted by atomic mass is 19.4. The minimum atomic E-state index is -4.39. The Kier molecular flexibility index (Phi) is 5.42. The second kappa shape index (κ2) is 7.56. The van der Waals surface area contributed by atoms with Gasteiger partial charge in [-0.3, -0.25) is 4.90 Å². The molecule has 0 amide bonds. The van der Waals surface area contributed by atoms with E-state index in [0.29, 0.717) is 24.0 Å². The van der Waals surface area contributed by atoms with Gasteiger partial charge in [0, 0.05) is 11.6 Å². The van der Waals surface area contributed by atoms with Crippen molar-refractivity contribution in [2.45, 2.75) is 57.3 Å². The van der Waals surface area contributed by atoms with Crippen LogP contribution in [0, 0.1) is 0 Å². The summed E-state index contributed by atoms with van der Waals surface area (Å²) >= 11 is 0. The van der Waals surface area contributed by atoms with Crippen LogP contribution in [0.5, 0.6) is 0 Å². The Morgan fingerprint density at radius 2 is 1.88 bits per heavy atom. The SMILES string of the molecule is CN(Cc1nc(-c2cccc(C(F)(F)F)c2)no1)C1CCCCCC1. The number of alkyl halides is 3. The summed E-state index contributed by atoms with van der Waals surface area (Å²) in [4.78, 5) is 6.48. The molecule has 0 spiro atoms. The lowest BCUT2D eigenvalue weighted by molar-refractivity contribution is -0.137. The number of rotatable bonds is 4. The highest BCUT2D eigenvalue weighted by molar-refractivity contribution is 5.55. The minimum absolute atomic E-state index is 0.190. The molecule has 7 heteroatoms. The van der Waals surface area contributed by atoms with Crippen LogP contribution in [0.4, 0.5) is 13.2 Å². The molecule has 1 saturated carbocycles. The van der Waals surface area contributed by atoms with E-state index in [1.807, 2.05) is 7.05 Å². The van der Waals surface area contributed by atoms with Crippen molar-refractivity contribution in [3.63, 3.8) is 0 Å². The molecule has 1 aliphatic rings. The molecule has 0 bridgehead atoms. The highest BCUT2D eigenvalue weighted by Crippen LogP contribution is 2.31. The van der Waals surface area contributed by atoms with Gasteiger partial charge in [-0.2, -0.15) is 18.2 Å². The van der Waals surface area contributed by atoms with Crippen LogP contribution >= 0.6 is 0 Å². The molecule has 1 heterocycles. The Morgan fingerprint density at radius 1 is 1.16 bits per heavy atom. The fourth-order valence-corrected chi connectivity index (χ4v) is 3.31. The fourth-order valence-electron chi connectivity index (χ4n) is 3.31. The predicted octanol–water partition coefficient (Wildman–Crippen LogP) is 4.91. The van der Waals surface area contributed by atoms with Crippen LogP contribution in [-0.4, -0.2) is 28.1 Å². The second-order valence-electron chi connectivity index (χ2n) is 6.65. The fraction of sp³-hybridized carbons (Fsp3) is 0.556. The number of halogens is 3. The van der Waals surface area contributed by atoms with Crippen LogP contribution in [0.1, 0.15) is 50.0 Å². The molecule has 0 unspecified atom stereocenters. The summed E-state index contributed by atoms with van der Waals surface area (Å²) in [5.41, 5.74) is -0.408. The van der Waals surface area contributed by atoms with Crippen molar-refractivity contribution in [2.75, 3.05) is 7.05 Å². The van der Waals surface area contributed by atoms with Gasteiger partial charge in [-0.15, -0.1) is 0 Å². The lowest BCUT2D eigenvalue weighted by Crippen LogP contribution is -2.30. The number of hydrogen-bond donors (Lipinski definition) is 0. The standard InChI is InChI=1S/C18H22F3N3O/c1-24(15-9-4-2-3-5-10-15)12-16-22-17(23-25-16)13-7-6-8-14(11-13)18(19,20)21/h6-8,11,15H,2-5,9-10,12H2,1H3. The van der Waals surface area contributed by atoms with E-state index in [0.717, 1.165) is 25.0 Å². The molecule has 0 radical (unpaired) electrons. The van der Waals surface area contributed by atoms with Gasteiger partial charge in [0.2, 0.25) is 11.7 Å². The van der Waals surface area contributed by atoms with E-state index in [4.69, 9.17) is 4.52 Å². The summed E-state index contributed by atoms with van der Waals surface area (Å²) in [7, 11) is 2.03. The first-order valence-corrected chi connectivity index (χ1v) is 8.64. The van der Waals surface area contributed by atoms with Gasteiger partial charge in [-0.05, 0) is 32.0 Å². The van der Waals surface area contributed by atoms with Crippen molar-refractivity contribution < 1.29 is 17.7 Å². The molecule has 0 atom stereocenters. The molecule has 1 aliphatic carbocycles. The predicted molar refractivity (Wildman–Crippen MR) is 87.7 cm³/mol. The lowest BCUT2D eigenvalue weighted by atomic mass is 10.1. The van der Waals surface area contributed by atoms with Crippen molar-refractivity contribution in [1.82, 2.24) is 15.0 Å². The zero-order valence-corrected chi connectivity index (χ0v) is 14.2. The average Bonchev–Trinajstić information content (AvgIpc) is 2.87. The van der Waals surface area contributed by atoms with E-state index >= 15 is 0 Å². The van der Waals surface area contributed by atoms with Crippen molar-refractivity contribution in [3.05, 3.63) is 35.7 Å². The van der Waals surface area contributed by atoms with Crippen molar-refractivity contribution in [2.24, 2.45) is 0 Å². The quantitative estimate of drug-likeness (QED) is 0.733. The number of aromatic nitrogens is 2. The molecular weight excluding hydrogens is 331 g/mol. The molecule has 25 heavy (non-hydrogen) atoms. The summed E-state index contributed by atoms with van der Waals surface area (Å²) in [6, 6.07) is 5.48. The van der Waals surface area contributed by atoms with E-state index in [1.165, 1.54) is 31.7 Å². The zero-order valence-electron chi connectivity index (χ0n) is 14.2. The maximum Gasteiger partial charge on any atom is 0.416 e. The van der Waals surface area contributed by atoms with Crippen molar-refractivity contribution in [1.29, 1.82) is 0 Å². The Bertz CT molecular complexity index is 691. The van der Waals surface area contributed by atoms with Gasteiger partial charge in [-0.25, -0.2) is 0 Å². The van der Waals surface area contributed by atoms with E-state index in [2.05, 4.69) is 15.0 Å². The number of benzene rings is 1. The third kappa shape index (κ3) is 4.60. The molecule has 4 nitrogen and oxygen atoms in total. The first-order valence-electron chi connectivity index (χ1n) is 8.64. The van der Waals surface area contributed by atoms with Gasteiger partial charge < -0.3 is 4.52 Å². The van der Waals surface area contributed by atoms with Crippen molar-refractivity contribution >= 4 is 0 Å². The largest absolute Gasteiger partial charge is 0.416 e. The number of nitrogens with zero attached hydrogens (tertiary/aromatic N) is 3. The molecule has 0 N–H and O–H groups in total. The Labute approximate surface area is 145 Å². The van der Waals surface area contributed by atoms with Gasteiger partial charge in [0.1, 0.15) is 0 Å². The van der Waals surface area contributed by atoms with Crippen LogP contribution in [0.15, 0.2) is 28.8 Å². The number of hydrogen-bond acceptors (Lipinski definition) is 4. The maximum atomic E-state index is 12.8. The molecule has 3 rings (SSSR count). The first kappa shape index (κ1) is 17.9. The summed E-state index contributed by atoms with van der Waals surface area (Å²) in [6.07, 6.45) is 2.95. The van der Waals surface area contributed by atoms with Gasteiger partial charge in [0.05, 0.1) is 12.1 Å². The molecule has 0 aliphatic heterocycles. The van der Waals surface area contributed by atoms with Gasteiger partial charge in [-0.1, -0.05) is 43.0 Å². The zero-order chi connectivity index (χ0) is 17.9. The van der Waals surface area contributed by atoms with Gasteiger partial charge in [0.25, 0.3) is 0 Å². The van der Waals surface area contributed by atoms with Gasteiger partial charge >= 0.3 is 6.18 Å². The van der Waals surface area contributed by atoms with E-state index < -0.39 is 11.7 Å². The highest BCUT2D eigenvalue weighted by Gasteiger charge is 2.30. The third-order valence-corrected chi connectivity index (χ3v) is 4.75. The van der Waals surface area contributed by atoms with Crippen LogP contribution in [0.25, 0.3) is 11.4 Å². The topological polar surface area (TPSA) is 42.2 Å². The first-order chi connectivity index (χ1) is 11.9. The van der Waals surface area contributed by atoms with E-state index in [9.17, 15) is 13.2 Å². The molecule has 1 aromatic heterocycles. The summed E-state index contributed by atoms with van der Waals surface area (Å²) in [6.45, 7) is 0.511. The Morgan fingerprint density at radius 3 is 2.56 bits per heavy atom. The normalized spacial score (nSPS) is 17.0. The molecule has 1 aromatic carbocycles. The van der Waals surface area contributed by atoms with Crippen molar-refractivity contribution in [3.8, 4) is 11.4 Å². The smallest absolute Gasteiger partial charge is 0.338 e. The van der Waals surface area contributed by atoms with Crippen LogP contribution in [-0.2, 0) is 12.7 Å². The van der Waals surface area contributed by atoms with Gasteiger partial charge in [0.15, 0.2) is 0 Å². The van der Waals surface area contributed by atoms with E-state index in [1.54, 1.807) is 6.07 Å². The summed E-state index contributed by atoms with van der Waals surface area (Å²) in [5, 5.41) is 3.85. The second-order valence-corrected chi connectivity index (χ2v) is 6.65. The van der Waals surface area contributed by atoms with E-state index in [-0.39, 0.29) is 5.82 Å². The Balaban J connectivity index is 1.70. The maximum absolute atomic E-state index is 12.8. The molecule has 1 fully saturated rings. The third-order valence-electron chi connectivity index (χ3n) is 4.75. The molecule has 2 aromatic rings. The Hall–Kier alpha value is -1.89. The molecule has 136 valence electrons. The average molecular weight is 353 g/mol. The molecular formula is C18H22F3N3O. The van der Waals surface area contributed by atoms with Crippen LogP contribution in [0.3, 0.4) is 0 Å². The van der Waals surface area contributed by atoms with Crippen LogP contribution in [0.2, 0.25) is 0 Å². The lowest BCUT2D eigenvalue weighted by Gasteiger charge is -2.25. The molecule has 0 saturated heterocycles. The summed E-state index contributed by atoms with van der Waals surface area (Å²) in [5.74, 6) is 0.620.